The van der Waals surface area contributed by atoms with E-state index in [-0.39, 0.29) is 11.2 Å². The topological polar surface area (TPSA) is 68.9 Å². The van der Waals surface area contributed by atoms with E-state index in [4.69, 9.17) is 5.73 Å². The summed E-state index contributed by atoms with van der Waals surface area (Å²) in [5, 5.41) is 3.48. The second-order valence-electron chi connectivity index (χ2n) is 2.98. The lowest BCUT2D eigenvalue weighted by molar-refractivity contribution is -0.117. The normalized spacial score (nSPS) is 12.9. The molecule has 0 aliphatic rings. The molecule has 0 aromatic carbocycles. The van der Waals surface area contributed by atoms with Gasteiger partial charge in [-0.15, -0.1) is 11.3 Å². The summed E-state index contributed by atoms with van der Waals surface area (Å²) in [6.07, 6.45) is 1.51. The minimum absolute atomic E-state index is 0.275. The maximum absolute atomic E-state index is 10.9. The molecule has 0 fully saturated rings. The molecule has 2 heterocycles. The molecule has 0 radical (unpaired) electrons. The third-order valence-electron chi connectivity index (χ3n) is 1.91. The number of nitrogens with zero attached hydrogens (tertiary/aromatic N) is 2. The number of carbonyl (C=O) groups is 1. The molecule has 1 atom stereocenters. The third kappa shape index (κ3) is 2.10. The van der Waals surface area contributed by atoms with Crippen LogP contribution in [0.1, 0.15) is 6.92 Å². The summed E-state index contributed by atoms with van der Waals surface area (Å²) in [5.74, 6) is -0.331. The van der Waals surface area contributed by atoms with E-state index in [2.05, 4.69) is 9.97 Å². The highest BCUT2D eigenvalue weighted by Gasteiger charge is 2.13. The number of fused-ring (bicyclic) bond motifs is 1. The molecule has 0 unspecified atom stereocenters. The Bertz CT molecular complexity index is 497. The van der Waals surface area contributed by atoms with Crippen LogP contribution in [0.3, 0.4) is 0 Å². The van der Waals surface area contributed by atoms with E-state index in [0.717, 1.165) is 15.2 Å². The largest absolute Gasteiger partial charge is 0.369 e. The summed E-state index contributed by atoms with van der Waals surface area (Å²) in [6, 6.07) is 1.95. The van der Waals surface area contributed by atoms with Crippen LogP contribution < -0.4 is 5.73 Å². The number of nitrogens with two attached hydrogens (primary N) is 1. The molecule has 0 spiro atoms. The van der Waals surface area contributed by atoms with Crippen LogP contribution in [0.25, 0.3) is 10.2 Å². The third-order valence-corrected chi connectivity index (χ3v) is 3.87. The van der Waals surface area contributed by atoms with E-state index in [1.165, 1.54) is 18.1 Å². The quantitative estimate of drug-likeness (QED) is 0.653. The van der Waals surface area contributed by atoms with Gasteiger partial charge in [-0.2, -0.15) is 0 Å². The van der Waals surface area contributed by atoms with E-state index in [9.17, 15) is 4.79 Å². The van der Waals surface area contributed by atoms with E-state index >= 15 is 0 Å². The molecule has 78 valence electrons. The number of hydrogen-bond donors (Lipinski definition) is 1. The zero-order valence-electron chi connectivity index (χ0n) is 8.01. The standard InChI is InChI=1S/C9H9N3OS2/c1-5(7(10)13)15-9-6-2-3-14-8(6)11-4-12-9/h2-5H,1H3,(H2,10,13)/t5-/m0/s1. The zero-order valence-corrected chi connectivity index (χ0v) is 9.64. The van der Waals surface area contributed by atoms with Gasteiger partial charge in [-0.25, -0.2) is 9.97 Å². The number of rotatable bonds is 3. The van der Waals surface area contributed by atoms with Gasteiger partial charge in [-0.05, 0) is 18.4 Å². The van der Waals surface area contributed by atoms with Gasteiger partial charge in [0.25, 0.3) is 0 Å². The zero-order chi connectivity index (χ0) is 10.8. The van der Waals surface area contributed by atoms with Gasteiger partial charge >= 0.3 is 0 Å². The van der Waals surface area contributed by atoms with E-state index in [1.807, 2.05) is 11.4 Å². The highest BCUT2D eigenvalue weighted by molar-refractivity contribution is 8.00. The predicted octanol–water partition coefficient (Wildman–Crippen LogP) is 1.66. The molecule has 2 aromatic rings. The molecule has 0 bridgehead atoms. The summed E-state index contributed by atoms with van der Waals surface area (Å²) in [5.41, 5.74) is 5.20. The van der Waals surface area contributed by atoms with E-state index in [1.54, 1.807) is 18.3 Å². The van der Waals surface area contributed by atoms with Gasteiger partial charge in [0.05, 0.1) is 5.25 Å². The predicted molar refractivity (Wildman–Crippen MR) is 61.9 cm³/mol. The van der Waals surface area contributed by atoms with Crippen molar-refractivity contribution in [3.63, 3.8) is 0 Å². The number of primary amides is 1. The molecule has 15 heavy (non-hydrogen) atoms. The molecule has 4 nitrogen and oxygen atoms in total. The first kappa shape index (κ1) is 10.4. The van der Waals surface area contributed by atoms with Gasteiger partial charge in [0, 0.05) is 5.39 Å². The maximum atomic E-state index is 10.9. The van der Waals surface area contributed by atoms with Crippen LogP contribution in [0.2, 0.25) is 0 Å². The average molecular weight is 239 g/mol. The summed E-state index contributed by atoms with van der Waals surface area (Å²) in [6.45, 7) is 1.77. The van der Waals surface area contributed by atoms with Gasteiger partial charge in [0.1, 0.15) is 16.2 Å². The van der Waals surface area contributed by atoms with Crippen LogP contribution in [-0.2, 0) is 4.79 Å². The first-order valence-electron chi connectivity index (χ1n) is 4.32. The highest BCUT2D eigenvalue weighted by Crippen LogP contribution is 2.29. The van der Waals surface area contributed by atoms with Gasteiger partial charge in [-0.3, -0.25) is 4.79 Å². The van der Waals surface area contributed by atoms with Crippen molar-refractivity contribution in [3.8, 4) is 0 Å². The van der Waals surface area contributed by atoms with Crippen molar-refractivity contribution in [2.24, 2.45) is 5.73 Å². The van der Waals surface area contributed by atoms with Crippen molar-refractivity contribution >= 4 is 39.2 Å². The molecule has 0 saturated heterocycles. The van der Waals surface area contributed by atoms with Crippen molar-refractivity contribution in [2.45, 2.75) is 17.2 Å². The van der Waals surface area contributed by atoms with Crippen LogP contribution in [0.5, 0.6) is 0 Å². The fourth-order valence-corrected chi connectivity index (χ4v) is 2.73. The first-order chi connectivity index (χ1) is 7.18. The Morgan fingerprint density at radius 1 is 1.60 bits per heavy atom. The number of thioether (sulfide) groups is 1. The summed E-state index contributed by atoms with van der Waals surface area (Å²) in [7, 11) is 0. The number of aromatic nitrogens is 2. The second-order valence-corrected chi connectivity index (χ2v) is 5.20. The van der Waals surface area contributed by atoms with E-state index < -0.39 is 0 Å². The van der Waals surface area contributed by atoms with E-state index in [0.29, 0.717) is 0 Å². The lowest BCUT2D eigenvalue weighted by atomic mass is 10.4. The van der Waals surface area contributed by atoms with Gasteiger partial charge in [-0.1, -0.05) is 11.8 Å². The molecular weight excluding hydrogens is 230 g/mol. The van der Waals surface area contributed by atoms with Crippen LogP contribution in [-0.4, -0.2) is 21.1 Å². The highest BCUT2D eigenvalue weighted by atomic mass is 32.2. The molecular formula is C9H9N3OS2. The molecule has 2 aromatic heterocycles. The maximum Gasteiger partial charge on any atom is 0.230 e. The summed E-state index contributed by atoms with van der Waals surface area (Å²) >= 11 is 2.92. The van der Waals surface area contributed by atoms with Crippen LogP contribution >= 0.6 is 23.1 Å². The summed E-state index contributed by atoms with van der Waals surface area (Å²) < 4.78 is 0. The monoisotopic (exact) mass is 239 g/mol. The lowest BCUT2D eigenvalue weighted by Gasteiger charge is -2.06. The van der Waals surface area contributed by atoms with Crippen molar-refractivity contribution in [1.82, 2.24) is 9.97 Å². The van der Waals surface area contributed by atoms with Gasteiger partial charge < -0.3 is 5.73 Å². The smallest absolute Gasteiger partial charge is 0.230 e. The molecule has 0 aliphatic carbocycles. The van der Waals surface area contributed by atoms with Crippen molar-refractivity contribution in [3.05, 3.63) is 17.8 Å². The number of amides is 1. The molecule has 0 saturated carbocycles. The Labute approximate surface area is 94.9 Å². The molecule has 6 heteroatoms. The minimum Gasteiger partial charge on any atom is -0.369 e. The lowest BCUT2D eigenvalue weighted by Crippen LogP contribution is -2.22. The molecule has 2 N–H and O–H groups in total. The number of thiophene rings is 1. The Morgan fingerprint density at radius 3 is 3.13 bits per heavy atom. The molecule has 1 amide bonds. The Kier molecular flexibility index (Phi) is 2.88. The Morgan fingerprint density at radius 2 is 2.40 bits per heavy atom. The Balaban J connectivity index is 2.35. The van der Waals surface area contributed by atoms with Gasteiger partial charge in [0.2, 0.25) is 5.91 Å². The fourth-order valence-electron chi connectivity index (χ4n) is 1.09. The Hall–Kier alpha value is -1.14. The van der Waals surface area contributed by atoms with Crippen molar-refractivity contribution in [2.75, 3.05) is 0 Å². The first-order valence-corrected chi connectivity index (χ1v) is 6.08. The van der Waals surface area contributed by atoms with Crippen molar-refractivity contribution in [1.29, 1.82) is 0 Å². The fraction of sp³-hybridized carbons (Fsp3) is 0.222. The number of hydrogen-bond acceptors (Lipinski definition) is 5. The SMILES string of the molecule is C[C@H](Sc1ncnc2sccc12)C(N)=O. The average Bonchev–Trinajstić information content (AvgIpc) is 2.66. The van der Waals surface area contributed by atoms with Crippen LogP contribution in [0.15, 0.2) is 22.8 Å². The molecule has 0 aliphatic heterocycles. The summed E-state index contributed by atoms with van der Waals surface area (Å²) in [4.78, 5) is 20.2. The van der Waals surface area contributed by atoms with Gasteiger partial charge in [0.15, 0.2) is 0 Å². The van der Waals surface area contributed by atoms with Crippen LogP contribution in [0, 0.1) is 0 Å². The molecule has 2 rings (SSSR count). The number of carbonyl (C=O) groups excluding carboxylic acids is 1. The second kappa shape index (κ2) is 4.16. The minimum atomic E-state index is -0.331. The van der Waals surface area contributed by atoms with Crippen LogP contribution in [0.4, 0.5) is 0 Å². The van der Waals surface area contributed by atoms with Crippen molar-refractivity contribution < 1.29 is 4.79 Å².